The Morgan fingerprint density at radius 2 is 2.33 bits per heavy atom. The minimum atomic E-state index is -0.953. The van der Waals surface area contributed by atoms with Crippen LogP contribution in [0.15, 0.2) is 18.2 Å². The first kappa shape index (κ1) is 10.9. The summed E-state index contributed by atoms with van der Waals surface area (Å²) in [6, 6.07) is 5.04. The maximum absolute atomic E-state index is 10.3. The van der Waals surface area contributed by atoms with Gasteiger partial charge in [0, 0.05) is 5.69 Å². The van der Waals surface area contributed by atoms with Crippen molar-refractivity contribution in [3.8, 4) is 17.6 Å². The second kappa shape index (κ2) is 4.91. The van der Waals surface area contributed by atoms with Gasteiger partial charge in [-0.2, -0.15) is 0 Å². The number of nitrogens with two attached hydrogens (primary N) is 1. The van der Waals surface area contributed by atoms with E-state index in [0.717, 1.165) is 0 Å². The van der Waals surface area contributed by atoms with Gasteiger partial charge in [0.2, 0.25) is 0 Å². The molecule has 0 spiro atoms. The number of nitrogen functional groups attached to an aromatic ring is 1. The fraction of sp³-hybridized carbons (Fsp3) is 0.182. The summed E-state index contributed by atoms with van der Waals surface area (Å²) < 4.78 is 5.05. The lowest BCUT2D eigenvalue weighted by molar-refractivity contribution is -0.135. The van der Waals surface area contributed by atoms with Gasteiger partial charge in [0.05, 0.1) is 12.7 Å². The van der Waals surface area contributed by atoms with Gasteiger partial charge in [-0.05, 0) is 18.2 Å². The average molecular weight is 205 g/mol. The quantitative estimate of drug-likeness (QED) is 0.560. The van der Waals surface area contributed by atoms with Crippen molar-refractivity contribution in [2.45, 2.75) is 6.42 Å². The SMILES string of the molecule is COc1ccc(N)cc1C#CCC(=O)O. The van der Waals surface area contributed by atoms with E-state index in [4.69, 9.17) is 15.6 Å². The van der Waals surface area contributed by atoms with Crippen molar-refractivity contribution in [2.24, 2.45) is 0 Å². The summed E-state index contributed by atoms with van der Waals surface area (Å²) in [5, 5.41) is 8.41. The second-order valence-electron chi connectivity index (χ2n) is 2.83. The van der Waals surface area contributed by atoms with Crippen LogP contribution in [0.1, 0.15) is 12.0 Å². The molecule has 1 rings (SSSR count). The summed E-state index contributed by atoms with van der Waals surface area (Å²) in [5.41, 5.74) is 6.74. The fourth-order valence-electron chi connectivity index (χ4n) is 1.04. The maximum Gasteiger partial charge on any atom is 0.315 e. The number of methoxy groups -OCH3 is 1. The summed E-state index contributed by atoms with van der Waals surface area (Å²) >= 11 is 0. The third-order valence-electron chi connectivity index (χ3n) is 1.69. The lowest BCUT2D eigenvalue weighted by atomic mass is 10.2. The Morgan fingerprint density at radius 3 is 2.93 bits per heavy atom. The highest BCUT2D eigenvalue weighted by atomic mass is 16.5. The molecular formula is C11H11NO3. The van der Waals surface area contributed by atoms with Gasteiger partial charge in [0.15, 0.2) is 0 Å². The molecule has 0 aliphatic carbocycles. The Kier molecular flexibility index (Phi) is 3.58. The van der Waals surface area contributed by atoms with Crippen LogP contribution in [0.2, 0.25) is 0 Å². The van der Waals surface area contributed by atoms with E-state index in [2.05, 4.69) is 11.8 Å². The first-order valence-corrected chi connectivity index (χ1v) is 4.27. The molecule has 1 aromatic carbocycles. The van der Waals surface area contributed by atoms with Crippen molar-refractivity contribution >= 4 is 11.7 Å². The van der Waals surface area contributed by atoms with Crippen LogP contribution >= 0.6 is 0 Å². The molecule has 0 atom stereocenters. The number of carboxylic acids is 1. The van der Waals surface area contributed by atoms with E-state index in [9.17, 15) is 4.79 Å². The summed E-state index contributed by atoms with van der Waals surface area (Å²) in [7, 11) is 1.52. The first-order chi connectivity index (χ1) is 7.13. The third kappa shape index (κ3) is 3.24. The maximum atomic E-state index is 10.3. The molecule has 0 heterocycles. The Hall–Kier alpha value is -2.15. The highest BCUT2D eigenvalue weighted by molar-refractivity contribution is 5.70. The zero-order valence-corrected chi connectivity index (χ0v) is 8.28. The fourth-order valence-corrected chi connectivity index (χ4v) is 1.04. The van der Waals surface area contributed by atoms with Crippen molar-refractivity contribution < 1.29 is 14.6 Å². The Labute approximate surface area is 87.7 Å². The minimum Gasteiger partial charge on any atom is -0.495 e. The van der Waals surface area contributed by atoms with Gasteiger partial charge in [0.1, 0.15) is 12.2 Å². The van der Waals surface area contributed by atoms with E-state index in [1.54, 1.807) is 18.2 Å². The number of carbonyl (C=O) groups is 1. The largest absolute Gasteiger partial charge is 0.495 e. The molecule has 78 valence electrons. The average Bonchev–Trinajstić information content (AvgIpc) is 2.17. The van der Waals surface area contributed by atoms with Crippen LogP contribution in [0.25, 0.3) is 0 Å². The number of carboxylic acid groups (broad SMARTS) is 1. The van der Waals surface area contributed by atoms with Crippen LogP contribution < -0.4 is 10.5 Å². The zero-order chi connectivity index (χ0) is 11.3. The van der Waals surface area contributed by atoms with Gasteiger partial charge in [-0.15, -0.1) is 0 Å². The van der Waals surface area contributed by atoms with Crippen molar-refractivity contribution in [1.29, 1.82) is 0 Å². The van der Waals surface area contributed by atoms with Gasteiger partial charge >= 0.3 is 5.97 Å². The van der Waals surface area contributed by atoms with Gasteiger partial charge in [0.25, 0.3) is 0 Å². The number of rotatable bonds is 2. The normalized spacial score (nSPS) is 8.87. The van der Waals surface area contributed by atoms with Crippen LogP contribution in [0.4, 0.5) is 5.69 Å². The molecule has 0 saturated heterocycles. The molecule has 0 aromatic heterocycles. The van der Waals surface area contributed by atoms with Crippen molar-refractivity contribution in [3.05, 3.63) is 23.8 Å². The first-order valence-electron chi connectivity index (χ1n) is 4.27. The highest BCUT2D eigenvalue weighted by Crippen LogP contribution is 2.19. The summed E-state index contributed by atoms with van der Waals surface area (Å²) in [4.78, 5) is 10.3. The van der Waals surface area contributed by atoms with E-state index >= 15 is 0 Å². The van der Waals surface area contributed by atoms with E-state index < -0.39 is 5.97 Å². The third-order valence-corrected chi connectivity index (χ3v) is 1.69. The number of hydrogen-bond donors (Lipinski definition) is 2. The number of benzene rings is 1. The molecular weight excluding hydrogens is 194 g/mol. The molecule has 4 heteroatoms. The van der Waals surface area contributed by atoms with Crippen molar-refractivity contribution in [3.63, 3.8) is 0 Å². The van der Waals surface area contributed by atoms with Gasteiger partial charge in [-0.1, -0.05) is 11.8 Å². The predicted molar refractivity (Wildman–Crippen MR) is 56.5 cm³/mol. The number of aliphatic carboxylic acids is 1. The Bertz CT molecular complexity index is 429. The summed E-state index contributed by atoms with van der Waals surface area (Å²) in [6.45, 7) is 0. The molecule has 1 aromatic rings. The molecule has 4 nitrogen and oxygen atoms in total. The molecule has 0 fully saturated rings. The van der Waals surface area contributed by atoms with Gasteiger partial charge in [-0.3, -0.25) is 4.79 Å². The number of anilines is 1. The van der Waals surface area contributed by atoms with Crippen LogP contribution in [-0.4, -0.2) is 18.2 Å². The number of hydrogen-bond acceptors (Lipinski definition) is 3. The van der Waals surface area contributed by atoms with Crippen LogP contribution in [0.5, 0.6) is 5.75 Å². The molecule has 15 heavy (non-hydrogen) atoms. The lowest BCUT2D eigenvalue weighted by Gasteiger charge is -2.03. The number of ether oxygens (including phenoxy) is 1. The minimum absolute atomic E-state index is 0.196. The van der Waals surface area contributed by atoms with Crippen LogP contribution in [0.3, 0.4) is 0 Å². The topological polar surface area (TPSA) is 72.5 Å². The Morgan fingerprint density at radius 1 is 1.60 bits per heavy atom. The van der Waals surface area contributed by atoms with Gasteiger partial charge < -0.3 is 15.6 Å². The summed E-state index contributed by atoms with van der Waals surface area (Å²) in [5.74, 6) is 4.85. The molecule has 0 saturated carbocycles. The smallest absolute Gasteiger partial charge is 0.315 e. The molecule has 0 aliphatic heterocycles. The summed E-state index contributed by atoms with van der Waals surface area (Å²) in [6.07, 6.45) is -0.196. The molecule has 0 radical (unpaired) electrons. The van der Waals surface area contributed by atoms with E-state index in [0.29, 0.717) is 17.0 Å². The molecule has 0 unspecified atom stereocenters. The van der Waals surface area contributed by atoms with Crippen LogP contribution in [-0.2, 0) is 4.79 Å². The van der Waals surface area contributed by atoms with Crippen LogP contribution in [0, 0.1) is 11.8 Å². The van der Waals surface area contributed by atoms with E-state index in [-0.39, 0.29) is 6.42 Å². The molecule has 0 amide bonds. The molecule has 3 N–H and O–H groups in total. The monoisotopic (exact) mass is 205 g/mol. The molecule has 0 aliphatic rings. The van der Waals surface area contributed by atoms with Crippen molar-refractivity contribution in [2.75, 3.05) is 12.8 Å². The molecule has 0 bridgehead atoms. The Balaban J connectivity index is 2.94. The van der Waals surface area contributed by atoms with E-state index in [1.807, 2.05) is 0 Å². The highest BCUT2D eigenvalue weighted by Gasteiger charge is 1.99. The predicted octanol–water partition coefficient (Wildman–Crippen LogP) is 1.10. The zero-order valence-electron chi connectivity index (χ0n) is 8.28. The van der Waals surface area contributed by atoms with E-state index in [1.165, 1.54) is 7.11 Å². The van der Waals surface area contributed by atoms with Crippen molar-refractivity contribution in [1.82, 2.24) is 0 Å². The van der Waals surface area contributed by atoms with Gasteiger partial charge in [-0.25, -0.2) is 0 Å². The second-order valence-corrected chi connectivity index (χ2v) is 2.83. The standard InChI is InChI=1S/C11H11NO3/c1-15-10-6-5-9(12)7-8(10)3-2-4-11(13)14/h5-7H,4,12H2,1H3,(H,13,14). The lowest BCUT2D eigenvalue weighted by Crippen LogP contribution is -1.92.